The van der Waals surface area contributed by atoms with Gasteiger partial charge in [-0.2, -0.15) is 0 Å². The molecule has 2 aliphatic rings. The number of ether oxygens (including phenoxy) is 1. The van der Waals surface area contributed by atoms with Crippen LogP contribution in [-0.4, -0.2) is 79.5 Å². The van der Waals surface area contributed by atoms with Gasteiger partial charge in [-0.1, -0.05) is 6.07 Å². The summed E-state index contributed by atoms with van der Waals surface area (Å²) in [5, 5.41) is 9.07. The summed E-state index contributed by atoms with van der Waals surface area (Å²) in [6.07, 6.45) is 4.41. The van der Waals surface area contributed by atoms with Crippen molar-refractivity contribution >= 4 is 22.1 Å². The van der Waals surface area contributed by atoms with E-state index >= 15 is 4.39 Å². The van der Waals surface area contributed by atoms with Gasteiger partial charge in [0.1, 0.15) is 11.3 Å². The number of piperazine rings is 1. The number of benzene rings is 1. The average molecular weight is 520 g/mol. The van der Waals surface area contributed by atoms with Crippen LogP contribution in [0.4, 0.5) is 4.39 Å². The van der Waals surface area contributed by atoms with Crippen molar-refractivity contribution < 1.29 is 9.13 Å². The van der Waals surface area contributed by atoms with E-state index in [9.17, 15) is 4.79 Å². The van der Waals surface area contributed by atoms with Crippen LogP contribution < -0.4 is 5.69 Å². The first-order valence-electron chi connectivity index (χ1n) is 13.5. The van der Waals surface area contributed by atoms with Crippen LogP contribution >= 0.6 is 0 Å². The molecule has 0 amide bonds. The number of fused-ring (bicyclic) bond motifs is 3. The smallest absolute Gasteiger partial charge is 0.330 e. The molecule has 4 heterocycles. The summed E-state index contributed by atoms with van der Waals surface area (Å²) < 4.78 is 24.2. The summed E-state index contributed by atoms with van der Waals surface area (Å²) >= 11 is 0. The van der Waals surface area contributed by atoms with Gasteiger partial charge >= 0.3 is 5.69 Å². The number of nitrogens with zero attached hydrogens (tertiary/aromatic N) is 7. The Bertz CT molecular complexity index is 1520. The summed E-state index contributed by atoms with van der Waals surface area (Å²) in [5.74, 6) is -0.409. The fourth-order valence-electron chi connectivity index (χ4n) is 5.45. The molecule has 2 fully saturated rings. The number of pyridine rings is 1. The SMILES string of the molecule is CC(C)n1c(=O)n(C)c2nnc3cc(F)c(-c4ccc(COCCN5CCN(C6CC6)CC5)nc4)cc3c21. The van der Waals surface area contributed by atoms with Crippen molar-refractivity contribution in [3.63, 3.8) is 0 Å². The lowest BCUT2D eigenvalue weighted by atomic mass is 10.0. The Balaban J connectivity index is 1.15. The summed E-state index contributed by atoms with van der Waals surface area (Å²) in [7, 11) is 1.67. The van der Waals surface area contributed by atoms with Crippen molar-refractivity contribution in [2.45, 2.75) is 45.4 Å². The van der Waals surface area contributed by atoms with Crippen LogP contribution in [0, 0.1) is 5.82 Å². The molecule has 0 radical (unpaired) electrons. The summed E-state index contributed by atoms with van der Waals surface area (Å²) in [4.78, 5) is 22.4. The van der Waals surface area contributed by atoms with E-state index in [0.717, 1.165) is 44.5 Å². The van der Waals surface area contributed by atoms with Crippen LogP contribution in [0.15, 0.2) is 35.3 Å². The molecule has 0 unspecified atom stereocenters. The maximum atomic E-state index is 15.1. The third-order valence-corrected chi connectivity index (χ3v) is 7.78. The zero-order chi connectivity index (χ0) is 26.4. The van der Waals surface area contributed by atoms with E-state index in [0.29, 0.717) is 46.4 Å². The molecule has 0 spiro atoms. The topological polar surface area (TPSA) is 81.3 Å². The molecule has 38 heavy (non-hydrogen) atoms. The Labute approximate surface area is 220 Å². The average Bonchev–Trinajstić information content (AvgIpc) is 3.73. The largest absolute Gasteiger partial charge is 0.374 e. The highest BCUT2D eigenvalue weighted by Crippen LogP contribution is 2.31. The van der Waals surface area contributed by atoms with Crippen molar-refractivity contribution in [3.05, 3.63) is 52.5 Å². The fourth-order valence-corrected chi connectivity index (χ4v) is 5.45. The van der Waals surface area contributed by atoms with Crippen LogP contribution in [-0.2, 0) is 18.4 Å². The van der Waals surface area contributed by atoms with Gasteiger partial charge in [0.15, 0.2) is 5.65 Å². The molecule has 200 valence electrons. The van der Waals surface area contributed by atoms with Crippen LogP contribution in [0.1, 0.15) is 38.4 Å². The fraction of sp³-hybridized carbons (Fsp3) is 0.500. The Kier molecular flexibility index (Phi) is 6.71. The second-order valence-electron chi connectivity index (χ2n) is 10.7. The van der Waals surface area contributed by atoms with E-state index in [1.165, 1.54) is 23.5 Å². The molecule has 1 aromatic carbocycles. The lowest BCUT2D eigenvalue weighted by Crippen LogP contribution is -2.47. The van der Waals surface area contributed by atoms with Gasteiger partial charge < -0.3 is 4.74 Å². The third-order valence-electron chi connectivity index (χ3n) is 7.78. The molecule has 0 atom stereocenters. The van der Waals surface area contributed by atoms with E-state index < -0.39 is 5.82 Å². The Morgan fingerprint density at radius 1 is 1.11 bits per heavy atom. The van der Waals surface area contributed by atoms with Gasteiger partial charge in [-0.05, 0) is 38.8 Å². The van der Waals surface area contributed by atoms with Crippen LogP contribution in [0.2, 0.25) is 0 Å². The highest BCUT2D eigenvalue weighted by molar-refractivity contribution is 6.02. The van der Waals surface area contributed by atoms with E-state index in [2.05, 4.69) is 25.0 Å². The third kappa shape index (κ3) is 4.72. The van der Waals surface area contributed by atoms with Crippen molar-refractivity contribution in [2.75, 3.05) is 39.3 Å². The first-order chi connectivity index (χ1) is 18.4. The maximum absolute atomic E-state index is 15.1. The second kappa shape index (κ2) is 10.2. The predicted octanol–water partition coefficient (Wildman–Crippen LogP) is 3.36. The standard InChI is InChI=1S/C28H34FN7O2/c1-18(2)36-26-23-14-22(24(29)15-25(23)31-32-27(26)33(3)28(36)37)19-4-5-20(30-16-19)17-38-13-12-34-8-10-35(11-9-34)21-6-7-21/h4-5,14-16,18,21H,6-13,17H2,1-3H3. The van der Waals surface area contributed by atoms with E-state index in [4.69, 9.17) is 4.74 Å². The van der Waals surface area contributed by atoms with Crippen LogP contribution in [0.3, 0.4) is 0 Å². The molecule has 0 bridgehead atoms. The number of halogens is 1. The monoisotopic (exact) mass is 519 g/mol. The summed E-state index contributed by atoms with van der Waals surface area (Å²) in [6.45, 7) is 10.4. The highest BCUT2D eigenvalue weighted by Gasteiger charge is 2.31. The molecule has 10 heteroatoms. The first kappa shape index (κ1) is 25.1. The first-order valence-corrected chi connectivity index (χ1v) is 13.5. The lowest BCUT2D eigenvalue weighted by molar-refractivity contribution is 0.0654. The molecular weight excluding hydrogens is 485 g/mol. The lowest BCUT2D eigenvalue weighted by Gasteiger charge is -2.34. The molecule has 0 N–H and O–H groups in total. The molecule has 4 aromatic rings. The molecule has 1 saturated heterocycles. The Morgan fingerprint density at radius 3 is 2.58 bits per heavy atom. The molecular formula is C28H34FN7O2. The number of aromatic nitrogens is 5. The zero-order valence-electron chi connectivity index (χ0n) is 22.2. The van der Waals surface area contributed by atoms with Gasteiger partial charge in [0.25, 0.3) is 0 Å². The van der Waals surface area contributed by atoms with E-state index in [-0.39, 0.29) is 11.7 Å². The van der Waals surface area contributed by atoms with Crippen molar-refractivity contribution in [1.29, 1.82) is 0 Å². The molecule has 1 aliphatic heterocycles. The predicted molar refractivity (Wildman–Crippen MR) is 145 cm³/mol. The number of hydrogen-bond donors (Lipinski definition) is 0. The minimum absolute atomic E-state index is 0.0830. The quantitative estimate of drug-likeness (QED) is 0.330. The van der Waals surface area contributed by atoms with Crippen molar-refractivity contribution in [3.8, 4) is 11.1 Å². The van der Waals surface area contributed by atoms with Gasteiger partial charge in [-0.3, -0.25) is 23.9 Å². The Hall–Kier alpha value is -3.21. The second-order valence-corrected chi connectivity index (χ2v) is 10.7. The van der Waals surface area contributed by atoms with Crippen molar-refractivity contribution in [2.24, 2.45) is 7.05 Å². The van der Waals surface area contributed by atoms with Gasteiger partial charge in [-0.15, -0.1) is 10.2 Å². The summed E-state index contributed by atoms with van der Waals surface area (Å²) in [6, 6.07) is 7.62. The molecule has 1 saturated carbocycles. The molecule has 9 nitrogen and oxygen atoms in total. The Morgan fingerprint density at radius 2 is 1.89 bits per heavy atom. The number of rotatable bonds is 8. The van der Waals surface area contributed by atoms with Gasteiger partial charge in [0.2, 0.25) is 0 Å². The summed E-state index contributed by atoms with van der Waals surface area (Å²) in [5.41, 5.74) is 3.23. The zero-order valence-corrected chi connectivity index (χ0v) is 22.2. The van der Waals surface area contributed by atoms with Crippen molar-refractivity contribution in [1.82, 2.24) is 34.1 Å². The normalized spacial score (nSPS) is 17.3. The van der Waals surface area contributed by atoms with Gasteiger partial charge in [-0.25, -0.2) is 9.18 Å². The number of aryl methyl sites for hydroxylation is 1. The minimum atomic E-state index is -0.409. The van der Waals surface area contributed by atoms with E-state index in [1.807, 2.05) is 26.0 Å². The van der Waals surface area contributed by atoms with E-state index in [1.54, 1.807) is 23.9 Å². The van der Waals surface area contributed by atoms with Gasteiger partial charge in [0.05, 0.1) is 24.4 Å². The van der Waals surface area contributed by atoms with Crippen LogP contribution in [0.5, 0.6) is 0 Å². The molecule has 6 rings (SSSR count). The maximum Gasteiger partial charge on any atom is 0.330 e. The highest BCUT2D eigenvalue weighted by atomic mass is 19.1. The number of hydrogen-bond acceptors (Lipinski definition) is 7. The van der Waals surface area contributed by atoms with Gasteiger partial charge in [0, 0.05) is 80.6 Å². The minimum Gasteiger partial charge on any atom is -0.374 e. The molecule has 3 aromatic heterocycles. The van der Waals surface area contributed by atoms with Crippen LogP contribution in [0.25, 0.3) is 33.2 Å². The number of imidazole rings is 1. The molecule has 1 aliphatic carbocycles.